The van der Waals surface area contributed by atoms with Crippen molar-refractivity contribution in [1.29, 1.82) is 0 Å². The highest BCUT2D eigenvalue weighted by atomic mass is 32.2. The minimum atomic E-state index is -0.248. The Bertz CT molecular complexity index is 480. The van der Waals surface area contributed by atoms with E-state index in [2.05, 4.69) is 18.3 Å². The first-order chi connectivity index (χ1) is 9.22. The Morgan fingerprint density at radius 2 is 2.37 bits per heavy atom. The molecule has 1 aromatic rings. The first-order valence-corrected chi connectivity index (χ1v) is 7.70. The molecule has 19 heavy (non-hydrogen) atoms. The molecule has 3 rings (SSSR count). The highest BCUT2D eigenvalue weighted by Gasteiger charge is 2.24. The van der Waals surface area contributed by atoms with Crippen LogP contribution in [0.15, 0.2) is 24.3 Å². The van der Waals surface area contributed by atoms with E-state index in [0.29, 0.717) is 19.2 Å². The van der Waals surface area contributed by atoms with Crippen LogP contribution in [0.5, 0.6) is 0 Å². The number of benzene rings is 1. The average Bonchev–Trinajstić information content (AvgIpc) is 2.99. The lowest BCUT2D eigenvalue weighted by Gasteiger charge is -2.17. The summed E-state index contributed by atoms with van der Waals surface area (Å²) in [5.41, 5.74) is 1.99. The van der Waals surface area contributed by atoms with Crippen molar-refractivity contribution in [2.75, 3.05) is 29.1 Å². The van der Waals surface area contributed by atoms with Gasteiger partial charge in [-0.2, -0.15) is 11.8 Å². The van der Waals surface area contributed by atoms with Crippen molar-refractivity contribution in [3.05, 3.63) is 24.3 Å². The van der Waals surface area contributed by atoms with Gasteiger partial charge >= 0.3 is 6.09 Å². The fourth-order valence-corrected chi connectivity index (χ4v) is 3.69. The van der Waals surface area contributed by atoms with Gasteiger partial charge < -0.3 is 10.1 Å². The molecule has 2 unspecified atom stereocenters. The summed E-state index contributed by atoms with van der Waals surface area (Å²) in [4.78, 5) is 13.2. The second kappa shape index (κ2) is 5.33. The van der Waals surface area contributed by atoms with Crippen LogP contribution < -0.4 is 10.2 Å². The Labute approximate surface area is 117 Å². The molecule has 4 nitrogen and oxygen atoms in total. The number of anilines is 2. The first kappa shape index (κ1) is 12.7. The van der Waals surface area contributed by atoms with E-state index < -0.39 is 0 Å². The number of rotatable bonds is 3. The number of amides is 1. The van der Waals surface area contributed by atoms with Crippen molar-refractivity contribution in [3.8, 4) is 0 Å². The molecule has 2 fully saturated rings. The molecular weight excluding hydrogens is 260 g/mol. The normalized spacial score (nSPS) is 26.6. The zero-order valence-electron chi connectivity index (χ0n) is 11.0. The van der Waals surface area contributed by atoms with Gasteiger partial charge in [-0.05, 0) is 24.6 Å². The van der Waals surface area contributed by atoms with E-state index in [4.69, 9.17) is 4.74 Å². The predicted octanol–water partition coefficient (Wildman–Crippen LogP) is 2.95. The van der Waals surface area contributed by atoms with Gasteiger partial charge in [-0.3, -0.25) is 4.90 Å². The highest BCUT2D eigenvalue weighted by molar-refractivity contribution is 8.00. The van der Waals surface area contributed by atoms with Crippen LogP contribution in [0.3, 0.4) is 0 Å². The van der Waals surface area contributed by atoms with Gasteiger partial charge in [0.25, 0.3) is 0 Å². The molecule has 2 heterocycles. The zero-order valence-corrected chi connectivity index (χ0v) is 11.8. The quantitative estimate of drug-likeness (QED) is 0.923. The third kappa shape index (κ3) is 2.81. The topological polar surface area (TPSA) is 41.6 Å². The van der Waals surface area contributed by atoms with Crippen LogP contribution in [0, 0.1) is 0 Å². The molecule has 2 atom stereocenters. The van der Waals surface area contributed by atoms with Gasteiger partial charge in [0.05, 0.1) is 6.54 Å². The lowest BCUT2D eigenvalue weighted by molar-refractivity contribution is 0.181. The molecule has 0 radical (unpaired) electrons. The zero-order chi connectivity index (χ0) is 13.2. The third-order valence-electron chi connectivity index (χ3n) is 3.49. The van der Waals surface area contributed by atoms with Gasteiger partial charge in [0.1, 0.15) is 6.61 Å². The Morgan fingerprint density at radius 3 is 3.05 bits per heavy atom. The first-order valence-electron chi connectivity index (χ1n) is 6.65. The number of hydrogen-bond acceptors (Lipinski definition) is 4. The van der Waals surface area contributed by atoms with Crippen molar-refractivity contribution in [2.24, 2.45) is 0 Å². The monoisotopic (exact) mass is 278 g/mol. The van der Waals surface area contributed by atoms with Gasteiger partial charge in [0.15, 0.2) is 0 Å². The Morgan fingerprint density at radius 1 is 1.47 bits per heavy atom. The van der Waals surface area contributed by atoms with E-state index in [1.807, 2.05) is 30.0 Å². The summed E-state index contributed by atoms with van der Waals surface area (Å²) >= 11 is 2.01. The lowest BCUT2D eigenvalue weighted by atomic mass is 10.2. The van der Waals surface area contributed by atoms with E-state index in [9.17, 15) is 4.79 Å². The van der Waals surface area contributed by atoms with Crippen molar-refractivity contribution in [2.45, 2.75) is 24.6 Å². The van der Waals surface area contributed by atoms with E-state index in [-0.39, 0.29) is 6.09 Å². The van der Waals surface area contributed by atoms with Gasteiger partial charge in [-0.25, -0.2) is 4.79 Å². The van der Waals surface area contributed by atoms with Gasteiger partial charge in [-0.15, -0.1) is 0 Å². The second-order valence-electron chi connectivity index (χ2n) is 5.04. The SMILES string of the molecule is CC1CC(Nc2cccc(N3CCOC3=O)c2)CS1. The van der Waals surface area contributed by atoms with Gasteiger partial charge in [-0.1, -0.05) is 13.0 Å². The number of ether oxygens (including phenoxy) is 1. The van der Waals surface area contributed by atoms with Crippen LogP contribution in [0.25, 0.3) is 0 Å². The van der Waals surface area contributed by atoms with Crippen molar-refractivity contribution >= 4 is 29.2 Å². The Hall–Kier alpha value is -1.36. The molecule has 5 heteroatoms. The van der Waals surface area contributed by atoms with Crippen LogP contribution in [0.1, 0.15) is 13.3 Å². The van der Waals surface area contributed by atoms with E-state index in [1.165, 1.54) is 6.42 Å². The number of nitrogens with zero attached hydrogens (tertiary/aromatic N) is 1. The molecule has 0 bridgehead atoms. The van der Waals surface area contributed by atoms with Crippen molar-refractivity contribution < 1.29 is 9.53 Å². The molecule has 1 amide bonds. The minimum Gasteiger partial charge on any atom is -0.447 e. The summed E-state index contributed by atoms with van der Waals surface area (Å²) in [6.07, 6.45) is 0.947. The van der Waals surface area contributed by atoms with Crippen molar-refractivity contribution in [3.63, 3.8) is 0 Å². The van der Waals surface area contributed by atoms with E-state index in [0.717, 1.165) is 22.4 Å². The van der Waals surface area contributed by atoms with E-state index >= 15 is 0 Å². The fraction of sp³-hybridized carbons (Fsp3) is 0.500. The summed E-state index contributed by atoms with van der Waals surface area (Å²) in [5, 5.41) is 4.28. The molecule has 2 aliphatic rings. The molecular formula is C14H18N2O2S. The molecule has 102 valence electrons. The summed E-state index contributed by atoms with van der Waals surface area (Å²) in [6.45, 7) is 3.38. The standard InChI is InChI=1S/C14H18N2O2S/c1-10-7-12(9-19-10)15-11-3-2-4-13(8-11)16-5-6-18-14(16)17/h2-4,8,10,12,15H,5-7,9H2,1H3. The number of carbonyl (C=O) groups is 1. The molecule has 1 N–H and O–H groups in total. The molecule has 0 spiro atoms. The van der Waals surface area contributed by atoms with Crippen LogP contribution in [0.2, 0.25) is 0 Å². The van der Waals surface area contributed by atoms with Crippen LogP contribution in [0.4, 0.5) is 16.2 Å². The highest BCUT2D eigenvalue weighted by Crippen LogP contribution is 2.29. The number of carbonyl (C=O) groups excluding carboxylic acids is 1. The maximum absolute atomic E-state index is 11.6. The second-order valence-corrected chi connectivity index (χ2v) is 6.51. The van der Waals surface area contributed by atoms with Crippen LogP contribution >= 0.6 is 11.8 Å². The minimum absolute atomic E-state index is 0.248. The van der Waals surface area contributed by atoms with Crippen LogP contribution in [-0.2, 0) is 4.74 Å². The predicted molar refractivity (Wildman–Crippen MR) is 79.1 cm³/mol. The lowest BCUT2D eigenvalue weighted by Crippen LogP contribution is -2.24. The molecule has 2 saturated heterocycles. The number of hydrogen-bond donors (Lipinski definition) is 1. The molecule has 0 saturated carbocycles. The van der Waals surface area contributed by atoms with Gasteiger partial charge in [0.2, 0.25) is 0 Å². The maximum Gasteiger partial charge on any atom is 0.414 e. The summed E-state index contributed by atoms with van der Waals surface area (Å²) in [6, 6.07) is 8.54. The molecule has 0 aliphatic carbocycles. The third-order valence-corrected chi connectivity index (χ3v) is 4.84. The fourth-order valence-electron chi connectivity index (χ4n) is 2.55. The summed E-state index contributed by atoms with van der Waals surface area (Å²) in [7, 11) is 0. The largest absolute Gasteiger partial charge is 0.447 e. The molecule has 1 aromatic carbocycles. The van der Waals surface area contributed by atoms with Crippen LogP contribution in [-0.4, -0.2) is 36.3 Å². The summed E-state index contributed by atoms with van der Waals surface area (Å²) < 4.78 is 4.97. The average molecular weight is 278 g/mol. The number of cyclic esters (lactones) is 1. The number of nitrogens with one attached hydrogen (secondary N) is 1. The number of thioether (sulfide) groups is 1. The van der Waals surface area contributed by atoms with E-state index in [1.54, 1.807) is 4.90 Å². The summed E-state index contributed by atoms with van der Waals surface area (Å²) in [5.74, 6) is 1.15. The maximum atomic E-state index is 11.6. The Balaban J connectivity index is 1.71. The Kier molecular flexibility index (Phi) is 3.55. The smallest absolute Gasteiger partial charge is 0.414 e. The molecule has 2 aliphatic heterocycles. The van der Waals surface area contributed by atoms with Gasteiger partial charge in [0, 0.05) is 28.4 Å². The van der Waals surface area contributed by atoms with Crippen molar-refractivity contribution in [1.82, 2.24) is 0 Å². The molecule has 0 aromatic heterocycles.